The second kappa shape index (κ2) is 7.53. The maximum atomic E-state index is 14.6. The van der Waals surface area contributed by atoms with Gasteiger partial charge in [-0.3, -0.25) is 19.4 Å². The van der Waals surface area contributed by atoms with Crippen molar-refractivity contribution in [1.82, 2.24) is 9.80 Å². The van der Waals surface area contributed by atoms with E-state index in [1.165, 1.54) is 17.0 Å². The van der Waals surface area contributed by atoms with Crippen LogP contribution in [0.4, 0.5) is 4.39 Å². The van der Waals surface area contributed by atoms with Gasteiger partial charge in [0.15, 0.2) is 0 Å². The number of likely N-dealkylation sites (tertiary alicyclic amines) is 1. The average Bonchev–Trinajstić information content (AvgIpc) is 2.90. The summed E-state index contributed by atoms with van der Waals surface area (Å²) in [5, 5.41) is 0. The van der Waals surface area contributed by atoms with E-state index in [2.05, 4.69) is 11.8 Å². The van der Waals surface area contributed by atoms with Crippen molar-refractivity contribution in [3.05, 3.63) is 29.6 Å². The summed E-state index contributed by atoms with van der Waals surface area (Å²) < 4.78 is 24.8. The lowest BCUT2D eigenvalue weighted by Gasteiger charge is -2.23. The Morgan fingerprint density at radius 3 is 2.48 bits per heavy atom. The fourth-order valence-corrected chi connectivity index (χ4v) is 3.28. The predicted octanol–water partition coefficient (Wildman–Crippen LogP) is 0.537. The summed E-state index contributed by atoms with van der Waals surface area (Å²) in [5.74, 6) is -1.66. The van der Waals surface area contributed by atoms with Crippen molar-refractivity contribution in [2.75, 3.05) is 26.7 Å². The van der Waals surface area contributed by atoms with E-state index in [0.29, 0.717) is 12.6 Å². The number of carbonyl (C=O) groups excluding carboxylic acids is 2. The molecule has 2 fully saturated rings. The van der Waals surface area contributed by atoms with Gasteiger partial charge in [0.2, 0.25) is 0 Å². The molecule has 2 aliphatic heterocycles. The second-order valence-electron chi connectivity index (χ2n) is 6.80. The molecule has 0 radical (unpaired) electrons. The zero-order chi connectivity index (χ0) is 18.0. The minimum Gasteiger partial charge on any atom is -0.494 e. The van der Waals surface area contributed by atoms with E-state index in [-0.39, 0.29) is 18.6 Å². The van der Waals surface area contributed by atoms with Gasteiger partial charge >= 0.3 is 19.1 Å². The van der Waals surface area contributed by atoms with E-state index in [1.807, 2.05) is 0 Å². The van der Waals surface area contributed by atoms with Gasteiger partial charge in [0.1, 0.15) is 5.82 Å². The molecule has 3 rings (SSSR count). The lowest BCUT2D eigenvalue weighted by molar-refractivity contribution is -0.145. The molecule has 2 aliphatic rings. The van der Waals surface area contributed by atoms with Crippen LogP contribution in [0.25, 0.3) is 0 Å². The Hall–Kier alpha value is -1.93. The predicted molar refractivity (Wildman–Crippen MR) is 90.6 cm³/mol. The summed E-state index contributed by atoms with van der Waals surface area (Å²) in [6.45, 7) is 3.77. The SMILES string of the molecule is C[C@@H]1CCCN1Cc1ccc(B2OC(=O)CN(C)CC(=O)O2)c(F)c1. The Labute approximate surface area is 147 Å². The van der Waals surface area contributed by atoms with Crippen molar-refractivity contribution in [3.63, 3.8) is 0 Å². The van der Waals surface area contributed by atoms with Gasteiger partial charge in [-0.25, -0.2) is 4.39 Å². The third-order valence-corrected chi connectivity index (χ3v) is 4.67. The molecule has 8 heteroatoms. The summed E-state index contributed by atoms with van der Waals surface area (Å²) in [5.41, 5.74) is 0.905. The van der Waals surface area contributed by atoms with Crippen LogP contribution in [0.1, 0.15) is 25.3 Å². The van der Waals surface area contributed by atoms with E-state index < -0.39 is 24.9 Å². The molecule has 1 aromatic carbocycles. The number of halogens is 1. The Morgan fingerprint density at radius 1 is 1.24 bits per heavy atom. The first-order chi connectivity index (χ1) is 11.9. The number of rotatable bonds is 3. The highest BCUT2D eigenvalue weighted by molar-refractivity contribution is 6.64. The third kappa shape index (κ3) is 4.38. The normalized spacial score (nSPS) is 23.2. The van der Waals surface area contributed by atoms with Gasteiger partial charge < -0.3 is 9.31 Å². The van der Waals surface area contributed by atoms with Crippen molar-refractivity contribution >= 4 is 24.5 Å². The Balaban J connectivity index is 1.75. The molecular weight excluding hydrogens is 326 g/mol. The van der Waals surface area contributed by atoms with E-state index in [4.69, 9.17) is 9.31 Å². The number of benzene rings is 1. The van der Waals surface area contributed by atoms with Crippen LogP contribution in [0.5, 0.6) is 0 Å². The maximum absolute atomic E-state index is 14.6. The third-order valence-electron chi connectivity index (χ3n) is 4.67. The van der Waals surface area contributed by atoms with Crippen LogP contribution in [0.15, 0.2) is 18.2 Å². The highest BCUT2D eigenvalue weighted by Gasteiger charge is 2.36. The van der Waals surface area contributed by atoms with Crippen LogP contribution in [0, 0.1) is 5.82 Å². The van der Waals surface area contributed by atoms with Gasteiger partial charge in [-0.15, -0.1) is 0 Å². The topological polar surface area (TPSA) is 59.1 Å². The molecule has 0 N–H and O–H groups in total. The molecule has 0 saturated carbocycles. The summed E-state index contributed by atoms with van der Waals surface area (Å²) in [7, 11) is 0.269. The fourth-order valence-electron chi connectivity index (χ4n) is 3.28. The molecule has 0 aliphatic carbocycles. The molecule has 0 aromatic heterocycles. The molecule has 0 spiro atoms. The van der Waals surface area contributed by atoms with Gasteiger partial charge in [-0.1, -0.05) is 12.1 Å². The fraction of sp³-hybridized carbons (Fsp3) is 0.529. The molecule has 2 saturated heterocycles. The van der Waals surface area contributed by atoms with Gasteiger partial charge in [0.25, 0.3) is 0 Å². The Morgan fingerprint density at radius 2 is 1.92 bits per heavy atom. The summed E-state index contributed by atoms with van der Waals surface area (Å²) in [6.07, 6.45) is 2.31. The highest BCUT2D eigenvalue weighted by atomic mass is 19.1. The Kier molecular flexibility index (Phi) is 5.39. The first kappa shape index (κ1) is 17.9. The average molecular weight is 348 g/mol. The molecule has 0 amide bonds. The summed E-state index contributed by atoms with van der Waals surface area (Å²) >= 11 is 0. The van der Waals surface area contributed by atoms with Crippen molar-refractivity contribution in [3.8, 4) is 0 Å². The van der Waals surface area contributed by atoms with Gasteiger partial charge in [-0.2, -0.15) is 0 Å². The number of hydrogen-bond acceptors (Lipinski definition) is 6. The monoisotopic (exact) mass is 348 g/mol. The van der Waals surface area contributed by atoms with E-state index in [1.54, 1.807) is 13.1 Å². The van der Waals surface area contributed by atoms with Crippen LogP contribution < -0.4 is 5.46 Å². The zero-order valence-corrected chi connectivity index (χ0v) is 14.5. The van der Waals surface area contributed by atoms with Crippen LogP contribution in [-0.4, -0.2) is 61.6 Å². The van der Waals surface area contributed by atoms with Crippen LogP contribution in [0.2, 0.25) is 0 Å². The van der Waals surface area contributed by atoms with Gasteiger partial charge in [0, 0.05) is 18.0 Å². The van der Waals surface area contributed by atoms with Crippen LogP contribution in [-0.2, 0) is 25.4 Å². The van der Waals surface area contributed by atoms with E-state index in [0.717, 1.165) is 24.9 Å². The molecule has 25 heavy (non-hydrogen) atoms. The van der Waals surface area contributed by atoms with Crippen LogP contribution >= 0.6 is 0 Å². The molecule has 0 bridgehead atoms. The van der Waals surface area contributed by atoms with Crippen LogP contribution in [0.3, 0.4) is 0 Å². The molecular formula is C17H22BFN2O4. The van der Waals surface area contributed by atoms with E-state index >= 15 is 0 Å². The second-order valence-corrected chi connectivity index (χ2v) is 6.80. The largest absolute Gasteiger partial charge is 0.639 e. The molecule has 1 atom stereocenters. The molecule has 6 nitrogen and oxygen atoms in total. The number of nitrogens with zero attached hydrogens (tertiary/aromatic N) is 2. The quantitative estimate of drug-likeness (QED) is 0.743. The minimum absolute atomic E-state index is 0.0435. The molecule has 2 heterocycles. The van der Waals surface area contributed by atoms with E-state index in [9.17, 15) is 14.0 Å². The summed E-state index contributed by atoms with van der Waals surface area (Å²) in [6, 6.07) is 5.23. The standard InChI is InChI=1S/C17H22BFN2O4/c1-12-4-3-7-21(12)9-13-5-6-14(15(19)8-13)18-24-16(22)10-20(2)11-17(23)25-18/h5-6,8,12H,3-4,7,9-11H2,1-2H3/t12-/m1/s1. The highest BCUT2D eigenvalue weighted by Crippen LogP contribution is 2.19. The van der Waals surface area contributed by atoms with Crippen molar-refractivity contribution in [1.29, 1.82) is 0 Å². The maximum Gasteiger partial charge on any atom is 0.639 e. The van der Waals surface area contributed by atoms with Crippen molar-refractivity contribution in [2.24, 2.45) is 0 Å². The minimum atomic E-state index is -1.34. The zero-order valence-electron chi connectivity index (χ0n) is 14.5. The lowest BCUT2D eigenvalue weighted by Crippen LogP contribution is -2.48. The van der Waals surface area contributed by atoms with Crippen molar-refractivity contribution in [2.45, 2.75) is 32.4 Å². The first-order valence-electron chi connectivity index (χ1n) is 8.52. The summed E-state index contributed by atoms with van der Waals surface area (Å²) in [4.78, 5) is 27.4. The van der Waals surface area contributed by atoms with Crippen molar-refractivity contribution < 1.29 is 23.3 Å². The number of hydrogen-bond donors (Lipinski definition) is 0. The van der Waals surface area contributed by atoms with Gasteiger partial charge in [-0.05, 0) is 45.0 Å². The lowest BCUT2D eigenvalue weighted by atomic mass is 9.77. The molecule has 1 aromatic rings. The Bertz CT molecular complexity index is 652. The number of likely N-dealkylation sites (N-methyl/N-ethyl adjacent to an activating group) is 1. The van der Waals surface area contributed by atoms with Gasteiger partial charge in [0.05, 0.1) is 13.1 Å². The molecule has 134 valence electrons. The smallest absolute Gasteiger partial charge is 0.494 e. The first-order valence-corrected chi connectivity index (χ1v) is 8.52. The molecule has 0 unspecified atom stereocenters. The number of carbonyl (C=O) groups is 2.